The first-order valence-corrected chi connectivity index (χ1v) is 7.43. The Morgan fingerprint density at radius 1 is 1.40 bits per heavy atom. The van der Waals surface area contributed by atoms with Crippen molar-refractivity contribution in [2.45, 2.75) is 19.9 Å². The Hall–Kier alpha value is -1.72. The van der Waals surface area contributed by atoms with Crippen molar-refractivity contribution in [1.29, 1.82) is 0 Å². The molecule has 0 spiro atoms. The van der Waals surface area contributed by atoms with Crippen molar-refractivity contribution in [3.8, 4) is 10.6 Å². The van der Waals surface area contributed by atoms with Crippen molar-refractivity contribution in [2.24, 2.45) is 0 Å². The molecule has 2 heterocycles. The summed E-state index contributed by atoms with van der Waals surface area (Å²) in [6.45, 7) is 3.65. The number of carboxylic acids is 1. The minimum atomic E-state index is -0.767. The second kappa shape index (κ2) is 5.34. The topological polar surface area (TPSA) is 53.4 Å². The molecule has 104 valence electrons. The zero-order valence-corrected chi connectivity index (χ0v) is 12.1. The summed E-state index contributed by atoms with van der Waals surface area (Å²) >= 11 is 1.68. The van der Waals surface area contributed by atoms with Gasteiger partial charge in [0.2, 0.25) is 0 Å². The first-order chi connectivity index (χ1) is 9.61. The number of carbonyl (C=O) groups is 1. The first-order valence-electron chi connectivity index (χ1n) is 6.61. The van der Waals surface area contributed by atoms with E-state index in [-0.39, 0.29) is 6.54 Å². The van der Waals surface area contributed by atoms with Crippen LogP contribution in [0, 0.1) is 6.92 Å². The van der Waals surface area contributed by atoms with Gasteiger partial charge in [0.05, 0.1) is 12.2 Å². The van der Waals surface area contributed by atoms with E-state index >= 15 is 0 Å². The summed E-state index contributed by atoms with van der Waals surface area (Å²) in [4.78, 5) is 18.7. The number of hydrogen-bond acceptors (Lipinski definition) is 4. The van der Waals surface area contributed by atoms with Crippen LogP contribution in [0.5, 0.6) is 0 Å². The third-order valence-corrected chi connectivity index (χ3v) is 4.60. The highest BCUT2D eigenvalue weighted by atomic mass is 32.1. The molecule has 0 atom stereocenters. The lowest BCUT2D eigenvalue weighted by Crippen LogP contribution is -2.34. The number of aromatic nitrogens is 1. The monoisotopic (exact) mass is 288 g/mol. The van der Waals surface area contributed by atoms with Gasteiger partial charge in [-0.3, -0.25) is 9.69 Å². The van der Waals surface area contributed by atoms with E-state index in [4.69, 9.17) is 10.1 Å². The molecule has 5 heteroatoms. The minimum absolute atomic E-state index is 0.108. The van der Waals surface area contributed by atoms with Gasteiger partial charge in [0.15, 0.2) is 0 Å². The average molecular weight is 288 g/mol. The summed E-state index contributed by atoms with van der Waals surface area (Å²) in [6, 6.07) is 8.36. The van der Waals surface area contributed by atoms with E-state index in [0.29, 0.717) is 6.54 Å². The van der Waals surface area contributed by atoms with Crippen LogP contribution in [0.2, 0.25) is 0 Å². The van der Waals surface area contributed by atoms with E-state index in [1.165, 1.54) is 10.4 Å². The van der Waals surface area contributed by atoms with Gasteiger partial charge in [-0.25, -0.2) is 4.98 Å². The van der Waals surface area contributed by atoms with Gasteiger partial charge < -0.3 is 5.11 Å². The number of rotatable bonds is 3. The summed E-state index contributed by atoms with van der Waals surface area (Å²) in [5.74, 6) is -0.767. The molecule has 1 N–H and O–H groups in total. The maximum absolute atomic E-state index is 10.8. The molecular weight excluding hydrogens is 272 g/mol. The van der Waals surface area contributed by atoms with Crippen LogP contribution in [0.1, 0.15) is 16.1 Å². The van der Waals surface area contributed by atoms with Crippen molar-refractivity contribution in [3.63, 3.8) is 0 Å². The highest BCUT2D eigenvalue weighted by Crippen LogP contribution is 2.31. The average Bonchev–Trinajstić information content (AvgIpc) is 2.81. The largest absolute Gasteiger partial charge is 0.480 e. The molecule has 0 saturated heterocycles. The van der Waals surface area contributed by atoms with Gasteiger partial charge in [0.1, 0.15) is 5.01 Å². The third kappa shape index (κ3) is 2.73. The maximum atomic E-state index is 10.8. The lowest BCUT2D eigenvalue weighted by Gasteiger charge is -2.23. The Morgan fingerprint density at radius 2 is 2.15 bits per heavy atom. The molecule has 0 radical (unpaired) electrons. The predicted molar refractivity (Wildman–Crippen MR) is 78.9 cm³/mol. The zero-order chi connectivity index (χ0) is 14.1. The highest BCUT2D eigenvalue weighted by Gasteiger charge is 2.22. The SMILES string of the molecule is Cc1ccc(-c2nc3c(s2)CN(CC(=O)O)CC3)cc1. The fourth-order valence-electron chi connectivity index (χ4n) is 2.39. The minimum Gasteiger partial charge on any atom is -0.480 e. The second-order valence-electron chi connectivity index (χ2n) is 5.11. The van der Waals surface area contributed by atoms with E-state index in [1.807, 2.05) is 4.90 Å². The number of hydrogen-bond donors (Lipinski definition) is 1. The molecule has 0 amide bonds. The van der Waals surface area contributed by atoms with Crippen molar-refractivity contribution in [2.75, 3.05) is 13.1 Å². The van der Waals surface area contributed by atoms with Gasteiger partial charge in [0, 0.05) is 30.0 Å². The molecule has 2 aromatic rings. The van der Waals surface area contributed by atoms with E-state index < -0.39 is 5.97 Å². The van der Waals surface area contributed by atoms with Crippen LogP contribution in [-0.4, -0.2) is 34.0 Å². The summed E-state index contributed by atoms with van der Waals surface area (Å²) in [6.07, 6.45) is 0.838. The zero-order valence-electron chi connectivity index (χ0n) is 11.3. The highest BCUT2D eigenvalue weighted by molar-refractivity contribution is 7.15. The number of aryl methyl sites for hydroxylation is 1. The van der Waals surface area contributed by atoms with Crippen molar-refractivity contribution >= 4 is 17.3 Å². The van der Waals surface area contributed by atoms with Gasteiger partial charge in [0.25, 0.3) is 0 Å². The summed E-state index contributed by atoms with van der Waals surface area (Å²) in [7, 11) is 0. The summed E-state index contributed by atoms with van der Waals surface area (Å²) < 4.78 is 0. The molecule has 20 heavy (non-hydrogen) atoms. The Balaban J connectivity index is 1.83. The molecule has 0 aliphatic carbocycles. The standard InChI is InChI=1S/C15H16N2O2S/c1-10-2-4-11(5-3-10)15-16-12-6-7-17(9-14(18)19)8-13(12)20-15/h2-5H,6-9H2,1H3,(H,18,19). The molecule has 4 nitrogen and oxygen atoms in total. The molecule has 0 saturated carbocycles. The Bertz CT molecular complexity index is 634. The molecule has 1 aliphatic heterocycles. The van der Waals surface area contributed by atoms with E-state index in [2.05, 4.69) is 31.2 Å². The van der Waals surface area contributed by atoms with E-state index in [9.17, 15) is 4.79 Å². The number of fused-ring (bicyclic) bond motifs is 1. The van der Waals surface area contributed by atoms with Gasteiger partial charge >= 0.3 is 5.97 Å². The molecule has 1 aromatic heterocycles. The van der Waals surface area contributed by atoms with E-state index in [0.717, 1.165) is 29.2 Å². The predicted octanol–water partition coefficient (Wildman–Crippen LogP) is 2.56. The number of aliphatic carboxylic acids is 1. The Kier molecular flexibility index (Phi) is 3.54. The van der Waals surface area contributed by atoms with E-state index in [1.54, 1.807) is 11.3 Å². The number of carboxylic acid groups (broad SMARTS) is 1. The van der Waals surface area contributed by atoms with Crippen LogP contribution < -0.4 is 0 Å². The van der Waals surface area contributed by atoms with Crippen LogP contribution in [-0.2, 0) is 17.8 Å². The summed E-state index contributed by atoms with van der Waals surface area (Å²) in [5.41, 5.74) is 3.51. The second-order valence-corrected chi connectivity index (χ2v) is 6.19. The number of benzene rings is 1. The molecule has 1 aromatic carbocycles. The summed E-state index contributed by atoms with van der Waals surface area (Å²) in [5, 5.41) is 9.90. The first kappa shape index (κ1) is 13.3. The maximum Gasteiger partial charge on any atom is 0.317 e. The fraction of sp³-hybridized carbons (Fsp3) is 0.333. The van der Waals surface area contributed by atoms with Crippen LogP contribution >= 0.6 is 11.3 Å². The normalized spacial score (nSPS) is 15.1. The van der Waals surface area contributed by atoms with Crippen LogP contribution in [0.15, 0.2) is 24.3 Å². The van der Waals surface area contributed by atoms with Gasteiger partial charge in [-0.1, -0.05) is 29.8 Å². The number of thiazole rings is 1. The van der Waals surface area contributed by atoms with Crippen molar-refractivity contribution < 1.29 is 9.90 Å². The molecule has 3 rings (SSSR count). The Labute approximate surface area is 121 Å². The van der Waals surface area contributed by atoms with Gasteiger partial charge in [-0.05, 0) is 6.92 Å². The van der Waals surface area contributed by atoms with Crippen LogP contribution in [0.4, 0.5) is 0 Å². The molecular formula is C15H16N2O2S. The molecule has 0 fully saturated rings. The quantitative estimate of drug-likeness (QED) is 0.943. The van der Waals surface area contributed by atoms with Crippen LogP contribution in [0.3, 0.4) is 0 Å². The van der Waals surface area contributed by atoms with Crippen molar-refractivity contribution in [1.82, 2.24) is 9.88 Å². The van der Waals surface area contributed by atoms with Gasteiger partial charge in [-0.15, -0.1) is 11.3 Å². The smallest absolute Gasteiger partial charge is 0.317 e. The van der Waals surface area contributed by atoms with Crippen LogP contribution in [0.25, 0.3) is 10.6 Å². The van der Waals surface area contributed by atoms with Gasteiger partial charge in [-0.2, -0.15) is 0 Å². The van der Waals surface area contributed by atoms with Crippen molar-refractivity contribution in [3.05, 3.63) is 40.4 Å². The molecule has 0 bridgehead atoms. The fourth-order valence-corrected chi connectivity index (χ4v) is 3.55. The lowest BCUT2D eigenvalue weighted by atomic mass is 10.1. The lowest BCUT2D eigenvalue weighted by molar-refractivity contribution is -0.138. The third-order valence-electron chi connectivity index (χ3n) is 3.47. The molecule has 0 unspecified atom stereocenters. The molecule has 1 aliphatic rings. The Morgan fingerprint density at radius 3 is 2.85 bits per heavy atom. The number of nitrogens with zero attached hydrogens (tertiary/aromatic N) is 2.